The van der Waals surface area contributed by atoms with Crippen LogP contribution >= 0.6 is 0 Å². The first-order valence-electron chi connectivity index (χ1n) is 5.75. The lowest BCUT2D eigenvalue weighted by molar-refractivity contribution is -0.118. The van der Waals surface area contributed by atoms with Gasteiger partial charge in [-0.3, -0.25) is 4.79 Å². The summed E-state index contributed by atoms with van der Waals surface area (Å²) in [6.45, 7) is 4.08. The van der Waals surface area contributed by atoms with Crippen molar-refractivity contribution in [1.82, 2.24) is 0 Å². The van der Waals surface area contributed by atoms with Crippen molar-refractivity contribution >= 4 is 5.78 Å². The molecule has 0 fully saturated rings. The topological polar surface area (TPSA) is 30.2 Å². The third kappa shape index (κ3) is 3.06. The number of carbonyl (C=O) groups excluding carboxylic acids is 1. The first-order valence-corrected chi connectivity index (χ1v) is 5.75. The van der Waals surface area contributed by atoms with Gasteiger partial charge in [-0.1, -0.05) is 23.8 Å². The molecule has 1 aromatic carbocycles. The predicted octanol–water partition coefficient (Wildman–Crippen LogP) is 3.25. The van der Waals surface area contributed by atoms with E-state index < -0.39 is 0 Å². The Balaban J connectivity index is 2.05. The fourth-order valence-corrected chi connectivity index (χ4v) is 1.87. The summed E-state index contributed by atoms with van der Waals surface area (Å²) >= 11 is 0. The van der Waals surface area contributed by atoms with Gasteiger partial charge in [0.1, 0.15) is 11.5 Å². The van der Waals surface area contributed by atoms with E-state index in [4.69, 9.17) is 4.42 Å². The van der Waals surface area contributed by atoms with Gasteiger partial charge in [-0.15, -0.1) is 0 Å². The highest BCUT2D eigenvalue weighted by molar-refractivity contribution is 5.82. The highest BCUT2D eigenvalue weighted by Gasteiger charge is 2.09. The molecule has 2 aromatic rings. The number of furan rings is 1. The lowest BCUT2D eigenvalue weighted by Crippen LogP contribution is -2.07. The van der Waals surface area contributed by atoms with Gasteiger partial charge in [-0.2, -0.15) is 0 Å². The fourth-order valence-electron chi connectivity index (χ4n) is 1.87. The van der Waals surface area contributed by atoms with Crippen LogP contribution in [-0.4, -0.2) is 5.78 Å². The maximum atomic E-state index is 11.9. The Morgan fingerprint density at radius 1 is 1.18 bits per heavy atom. The molecule has 0 unspecified atom stereocenters. The Bertz CT molecular complexity index is 510. The quantitative estimate of drug-likeness (QED) is 0.804. The van der Waals surface area contributed by atoms with E-state index in [9.17, 15) is 4.79 Å². The molecule has 2 nitrogen and oxygen atoms in total. The Labute approximate surface area is 101 Å². The van der Waals surface area contributed by atoms with Crippen molar-refractivity contribution in [2.75, 3.05) is 0 Å². The summed E-state index contributed by atoms with van der Waals surface area (Å²) in [4.78, 5) is 11.9. The lowest BCUT2D eigenvalue weighted by Gasteiger charge is -2.05. The Kier molecular flexibility index (Phi) is 3.43. The number of carbonyl (C=O) groups is 1. The van der Waals surface area contributed by atoms with Crippen molar-refractivity contribution in [3.05, 3.63) is 59.0 Å². The molecule has 2 rings (SSSR count). The minimum atomic E-state index is 0.189. The second-order valence-electron chi connectivity index (χ2n) is 4.40. The Hall–Kier alpha value is -1.83. The van der Waals surface area contributed by atoms with Crippen LogP contribution in [0.4, 0.5) is 0 Å². The average molecular weight is 228 g/mol. The van der Waals surface area contributed by atoms with E-state index in [0.717, 1.165) is 11.3 Å². The summed E-state index contributed by atoms with van der Waals surface area (Å²) in [5, 5.41) is 0. The summed E-state index contributed by atoms with van der Waals surface area (Å²) in [6.07, 6.45) is 2.45. The molecular formula is C15H16O2. The summed E-state index contributed by atoms with van der Waals surface area (Å²) in [6, 6.07) is 9.84. The van der Waals surface area contributed by atoms with Gasteiger partial charge in [0.05, 0.1) is 12.7 Å². The molecule has 17 heavy (non-hydrogen) atoms. The molecular weight excluding hydrogens is 212 g/mol. The molecule has 0 atom stereocenters. The molecule has 0 saturated carbocycles. The van der Waals surface area contributed by atoms with Gasteiger partial charge < -0.3 is 4.42 Å². The van der Waals surface area contributed by atoms with Crippen LogP contribution < -0.4 is 0 Å². The second-order valence-corrected chi connectivity index (χ2v) is 4.40. The minimum absolute atomic E-state index is 0.189. The van der Waals surface area contributed by atoms with E-state index in [1.807, 2.05) is 19.9 Å². The van der Waals surface area contributed by atoms with Crippen LogP contribution in [0, 0.1) is 13.8 Å². The van der Waals surface area contributed by atoms with Crippen molar-refractivity contribution in [3.8, 4) is 0 Å². The third-order valence-corrected chi connectivity index (χ3v) is 2.84. The first-order chi connectivity index (χ1) is 8.15. The van der Waals surface area contributed by atoms with Gasteiger partial charge >= 0.3 is 0 Å². The van der Waals surface area contributed by atoms with E-state index in [2.05, 4.69) is 18.2 Å². The molecule has 0 amide bonds. The highest BCUT2D eigenvalue weighted by Crippen LogP contribution is 2.13. The number of benzene rings is 1. The molecule has 1 aromatic heterocycles. The van der Waals surface area contributed by atoms with Crippen LogP contribution in [0.25, 0.3) is 0 Å². The van der Waals surface area contributed by atoms with Crippen LogP contribution in [-0.2, 0) is 17.6 Å². The molecule has 0 aliphatic rings. The SMILES string of the molecule is Cc1ccc(C)c(CC(=O)Cc2ccco2)c1. The average Bonchev–Trinajstić information content (AvgIpc) is 2.76. The van der Waals surface area contributed by atoms with Crippen LogP contribution in [0.1, 0.15) is 22.5 Å². The number of Topliss-reactive ketones (excluding diaryl/α,β-unsaturated/α-hetero) is 1. The summed E-state index contributed by atoms with van der Waals surface area (Å²) in [5.74, 6) is 0.925. The number of aryl methyl sites for hydroxylation is 2. The van der Waals surface area contributed by atoms with Gasteiger partial charge in [0, 0.05) is 6.42 Å². The van der Waals surface area contributed by atoms with Crippen molar-refractivity contribution in [3.63, 3.8) is 0 Å². The molecule has 88 valence electrons. The van der Waals surface area contributed by atoms with Crippen LogP contribution in [0.3, 0.4) is 0 Å². The minimum Gasteiger partial charge on any atom is -0.469 e. The van der Waals surface area contributed by atoms with Gasteiger partial charge in [0.25, 0.3) is 0 Å². The summed E-state index contributed by atoms with van der Waals surface area (Å²) in [7, 11) is 0. The molecule has 0 bridgehead atoms. The largest absolute Gasteiger partial charge is 0.469 e. The van der Waals surface area contributed by atoms with E-state index in [-0.39, 0.29) is 5.78 Å². The van der Waals surface area contributed by atoms with Gasteiger partial charge in [0.2, 0.25) is 0 Å². The van der Waals surface area contributed by atoms with Crippen LogP contribution in [0.5, 0.6) is 0 Å². The fraction of sp³-hybridized carbons (Fsp3) is 0.267. The Morgan fingerprint density at radius 2 is 2.00 bits per heavy atom. The zero-order chi connectivity index (χ0) is 12.3. The standard InChI is InChI=1S/C15H16O2/c1-11-5-6-12(2)13(8-11)9-14(16)10-15-4-3-7-17-15/h3-8H,9-10H2,1-2H3. The highest BCUT2D eigenvalue weighted by atomic mass is 16.3. The number of ketones is 1. The molecule has 0 aliphatic carbocycles. The second kappa shape index (κ2) is 5.00. The van der Waals surface area contributed by atoms with Crippen molar-refractivity contribution in [1.29, 1.82) is 0 Å². The van der Waals surface area contributed by atoms with E-state index in [1.165, 1.54) is 11.1 Å². The number of rotatable bonds is 4. The predicted molar refractivity (Wildman–Crippen MR) is 67.0 cm³/mol. The van der Waals surface area contributed by atoms with Crippen LogP contribution in [0.2, 0.25) is 0 Å². The van der Waals surface area contributed by atoms with E-state index >= 15 is 0 Å². The molecule has 0 spiro atoms. The van der Waals surface area contributed by atoms with E-state index in [0.29, 0.717) is 12.8 Å². The molecule has 2 heteroatoms. The molecule has 0 N–H and O–H groups in total. The third-order valence-electron chi connectivity index (χ3n) is 2.84. The first kappa shape index (κ1) is 11.6. The maximum Gasteiger partial charge on any atom is 0.144 e. The lowest BCUT2D eigenvalue weighted by atomic mass is 9.99. The van der Waals surface area contributed by atoms with Crippen molar-refractivity contribution in [2.24, 2.45) is 0 Å². The van der Waals surface area contributed by atoms with E-state index in [1.54, 1.807) is 12.3 Å². The van der Waals surface area contributed by atoms with Gasteiger partial charge in [0.15, 0.2) is 0 Å². The normalized spacial score (nSPS) is 10.5. The van der Waals surface area contributed by atoms with Crippen LogP contribution in [0.15, 0.2) is 41.0 Å². The Morgan fingerprint density at radius 3 is 2.71 bits per heavy atom. The van der Waals surface area contributed by atoms with Crippen molar-refractivity contribution in [2.45, 2.75) is 26.7 Å². The maximum absolute atomic E-state index is 11.9. The summed E-state index contributed by atoms with van der Waals surface area (Å²) < 4.78 is 5.17. The monoisotopic (exact) mass is 228 g/mol. The zero-order valence-electron chi connectivity index (χ0n) is 10.2. The van der Waals surface area contributed by atoms with Gasteiger partial charge in [-0.25, -0.2) is 0 Å². The van der Waals surface area contributed by atoms with Gasteiger partial charge in [-0.05, 0) is 37.1 Å². The smallest absolute Gasteiger partial charge is 0.144 e. The molecule has 0 radical (unpaired) electrons. The zero-order valence-corrected chi connectivity index (χ0v) is 10.2. The number of hydrogen-bond donors (Lipinski definition) is 0. The van der Waals surface area contributed by atoms with Crippen molar-refractivity contribution < 1.29 is 9.21 Å². The molecule has 0 saturated heterocycles. The molecule has 1 heterocycles. The number of hydrogen-bond acceptors (Lipinski definition) is 2. The summed E-state index contributed by atoms with van der Waals surface area (Å²) in [5.41, 5.74) is 3.47. The molecule has 0 aliphatic heterocycles.